The van der Waals surface area contributed by atoms with Gasteiger partial charge in [-0.3, -0.25) is 14.9 Å². The molecule has 0 bridgehead atoms. The molecule has 0 unspecified atom stereocenters. The fraction of sp³-hybridized carbons (Fsp3) is 0.182. The molecule has 90 valence electrons. The molecule has 0 heterocycles. The highest BCUT2D eigenvalue weighted by molar-refractivity contribution is 5.71. The van der Waals surface area contributed by atoms with Crippen molar-refractivity contribution in [3.8, 4) is 5.75 Å². The minimum Gasteiger partial charge on any atom is -0.496 e. The quantitative estimate of drug-likeness (QED) is 0.625. The molecular weight excluding hydrogens is 226 g/mol. The minimum atomic E-state index is -0.967. The van der Waals surface area contributed by atoms with Gasteiger partial charge in [0.2, 0.25) is 0 Å². The molecule has 1 aromatic rings. The number of non-ortho nitro benzene ring substituents is 1. The third-order valence-electron chi connectivity index (χ3n) is 2.01. The van der Waals surface area contributed by atoms with Crippen LogP contribution in [0.1, 0.15) is 12.0 Å². The van der Waals surface area contributed by atoms with E-state index >= 15 is 0 Å². The van der Waals surface area contributed by atoms with Gasteiger partial charge >= 0.3 is 5.97 Å². The lowest BCUT2D eigenvalue weighted by Gasteiger charge is -2.03. The summed E-state index contributed by atoms with van der Waals surface area (Å²) in [7, 11) is 1.44. The van der Waals surface area contributed by atoms with Gasteiger partial charge in [-0.05, 0) is 6.07 Å². The van der Waals surface area contributed by atoms with Crippen LogP contribution in [0.15, 0.2) is 24.3 Å². The van der Waals surface area contributed by atoms with E-state index in [9.17, 15) is 14.9 Å². The highest BCUT2D eigenvalue weighted by Gasteiger charge is 2.09. The van der Waals surface area contributed by atoms with E-state index in [0.717, 1.165) is 0 Å². The molecule has 1 rings (SSSR count). The zero-order valence-electron chi connectivity index (χ0n) is 9.12. The lowest BCUT2D eigenvalue weighted by molar-refractivity contribution is -0.384. The third-order valence-corrected chi connectivity index (χ3v) is 2.01. The Labute approximate surface area is 97.3 Å². The summed E-state index contributed by atoms with van der Waals surface area (Å²) in [5.74, 6) is -0.511. The summed E-state index contributed by atoms with van der Waals surface area (Å²) in [6, 6.07) is 4.13. The molecule has 1 aromatic carbocycles. The number of carbonyl (C=O) groups is 1. The number of aliphatic carboxylic acids is 1. The van der Waals surface area contributed by atoms with Crippen LogP contribution in [0.2, 0.25) is 0 Å². The molecule has 6 nitrogen and oxygen atoms in total. The molecule has 0 spiro atoms. The highest BCUT2D eigenvalue weighted by atomic mass is 16.6. The Kier molecular flexibility index (Phi) is 4.21. The number of methoxy groups -OCH3 is 1. The van der Waals surface area contributed by atoms with E-state index in [4.69, 9.17) is 9.84 Å². The van der Waals surface area contributed by atoms with Gasteiger partial charge in [0.1, 0.15) is 5.75 Å². The van der Waals surface area contributed by atoms with Crippen molar-refractivity contribution in [1.29, 1.82) is 0 Å². The fourth-order valence-electron chi connectivity index (χ4n) is 1.25. The summed E-state index contributed by atoms with van der Waals surface area (Å²) in [4.78, 5) is 20.4. The van der Waals surface area contributed by atoms with Crippen LogP contribution in [0.4, 0.5) is 5.69 Å². The summed E-state index contributed by atoms with van der Waals surface area (Å²) in [5, 5.41) is 19.1. The summed E-state index contributed by atoms with van der Waals surface area (Å²) in [6.07, 6.45) is 2.75. The number of ether oxygens (including phenoxy) is 1. The Morgan fingerprint density at radius 1 is 1.59 bits per heavy atom. The number of carboxylic acids is 1. The Hall–Kier alpha value is -2.37. The third kappa shape index (κ3) is 3.60. The van der Waals surface area contributed by atoms with Gasteiger partial charge < -0.3 is 9.84 Å². The van der Waals surface area contributed by atoms with Gasteiger partial charge in [0, 0.05) is 17.7 Å². The molecule has 0 amide bonds. The second kappa shape index (κ2) is 5.64. The van der Waals surface area contributed by atoms with Crippen LogP contribution in [0.3, 0.4) is 0 Å². The molecule has 0 aromatic heterocycles. The van der Waals surface area contributed by atoms with Crippen molar-refractivity contribution in [3.63, 3.8) is 0 Å². The van der Waals surface area contributed by atoms with Crippen molar-refractivity contribution >= 4 is 17.7 Å². The molecule has 17 heavy (non-hydrogen) atoms. The summed E-state index contributed by atoms with van der Waals surface area (Å²) >= 11 is 0. The zero-order valence-corrected chi connectivity index (χ0v) is 9.12. The number of rotatable bonds is 5. The van der Waals surface area contributed by atoms with Gasteiger partial charge in [-0.2, -0.15) is 0 Å². The maximum Gasteiger partial charge on any atom is 0.307 e. The van der Waals surface area contributed by atoms with Gasteiger partial charge in [0.15, 0.2) is 0 Å². The summed E-state index contributed by atoms with van der Waals surface area (Å²) < 4.78 is 5.02. The van der Waals surface area contributed by atoms with Crippen LogP contribution < -0.4 is 4.74 Å². The van der Waals surface area contributed by atoms with E-state index in [1.807, 2.05) is 0 Å². The fourth-order valence-corrected chi connectivity index (χ4v) is 1.25. The van der Waals surface area contributed by atoms with Crippen molar-refractivity contribution in [3.05, 3.63) is 40.0 Å². The van der Waals surface area contributed by atoms with Gasteiger partial charge in [-0.15, -0.1) is 0 Å². The first-order valence-electron chi connectivity index (χ1n) is 4.75. The first kappa shape index (κ1) is 12.7. The minimum absolute atomic E-state index is 0.0687. The van der Waals surface area contributed by atoms with Crippen molar-refractivity contribution in [2.24, 2.45) is 0 Å². The van der Waals surface area contributed by atoms with E-state index in [-0.39, 0.29) is 12.1 Å². The molecule has 0 atom stereocenters. The molecule has 0 radical (unpaired) electrons. The maximum absolute atomic E-state index is 10.6. The number of hydrogen-bond acceptors (Lipinski definition) is 4. The molecule has 1 N–H and O–H groups in total. The molecule has 0 aliphatic rings. The number of nitro benzene ring substituents is 1. The summed E-state index contributed by atoms with van der Waals surface area (Å²) in [5.41, 5.74) is 0.406. The number of carboxylic acid groups (broad SMARTS) is 1. The second-order valence-electron chi connectivity index (χ2n) is 3.18. The lowest BCUT2D eigenvalue weighted by Crippen LogP contribution is -1.93. The molecule has 6 heteroatoms. The molecule has 0 saturated heterocycles. The number of nitro groups is 1. The van der Waals surface area contributed by atoms with E-state index in [1.165, 1.54) is 37.5 Å². The molecule has 0 aliphatic heterocycles. The van der Waals surface area contributed by atoms with Crippen molar-refractivity contribution in [2.45, 2.75) is 6.42 Å². The molecule has 0 aliphatic carbocycles. The second-order valence-corrected chi connectivity index (χ2v) is 3.18. The van der Waals surface area contributed by atoms with Gasteiger partial charge in [-0.25, -0.2) is 0 Å². The maximum atomic E-state index is 10.6. The highest BCUT2D eigenvalue weighted by Crippen LogP contribution is 2.25. The number of nitrogens with zero attached hydrogens (tertiary/aromatic N) is 1. The van der Waals surface area contributed by atoms with E-state index in [2.05, 4.69) is 0 Å². The zero-order chi connectivity index (χ0) is 12.8. The van der Waals surface area contributed by atoms with Crippen molar-refractivity contribution in [2.75, 3.05) is 7.11 Å². The Bertz CT molecular complexity index is 467. The van der Waals surface area contributed by atoms with Crippen LogP contribution >= 0.6 is 0 Å². The van der Waals surface area contributed by atoms with Crippen molar-refractivity contribution in [1.82, 2.24) is 0 Å². The van der Waals surface area contributed by atoms with E-state index in [0.29, 0.717) is 11.3 Å². The summed E-state index contributed by atoms with van der Waals surface area (Å²) in [6.45, 7) is 0. The monoisotopic (exact) mass is 237 g/mol. The predicted molar refractivity (Wildman–Crippen MR) is 60.9 cm³/mol. The lowest BCUT2D eigenvalue weighted by atomic mass is 10.1. The average Bonchev–Trinajstić information content (AvgIpc) is 2.28. The van der Waals surface area contributed by atoms with Crippen LogP contribution in [-0.2, 0) is 4.79 Å². The van der Waals surface area contributed by atoms with Crippen LogP contribution in [0.5, 0.6) is 5.75 Å². The Morgan fingerprint density at radius 2 is 2.29 bits per heavy atom. The molecular formula is C11H11NO5. The predicted octanol–water partition coefficient (Wildman–Crippen LogP) is 2.09. The average molecular weight is 237 g/mol. The van der Waals surface area contributed by atoms with Crippen LogP contribution in [0.25, 0.3) is 6.08 Å². The first-order chi connectivity index (χ1) is 8.04. The van der Waals surface area contributed by atoms with E-state index in [1.54, 1.807) is 0 Å². The molecule has 0 saturated carbocycles. The Morgan fingerprint density at radius 3 is 2.82 bits per heavy atom. The number of benzene rings is 1. The normalized spacial score (nSPS) is 10.4. The molecule has 0 fully saturated rings. The van der Waals surface area contributed by atoms with Gasteiger partial charge in [-0.1, -0.05) is 12.2 Å². The largest absolute Gasteiger partial charge is 0.496 e. The standard InChI is InChI=1S/C11H11NO5/c1-17-10-6-5-9(12(15)16)7-8(10)3-2-4-11(13)14/h2-3,5-7H,4H2,1H3,(H,13,14). The van der Waals surface area contributed by atoms with Gasteiger partial charge in [0.25, 0.3) is 5.69 Å². The SMILES string of the molecule is COc1ccc([N+](=O)[O-])cc1C=CCC(=O)O. The Balaban J connectivity index is 3.01. The number of hydrogen-bond donors (Lipinski definition) is 1. The first-order valence-corrected chi connectivity index (χ1v) is 4.75. The van der Waals surface area contributed by atoms with Gasteiger partial charge in [0.05, 0.1) is 18.5 Å². The van der Waals surface area contributed by atoms with E-state index < -0.39 is 10.9 Å². The smallest absolute Gasteiger partial charge is 0.307 e. The van der Waals surface area contributed by atoms with Crippen molar-refractivity contribution < 1.29 is 19.6 Å². The van der Waals surface area contributed by atoms with Crippen LogP contribution in [-0.4, -0.2) is 23.1 Å². The topological polar surface area (TPSA) is 89.7 Å². The van der Waals surface area contributed by atoms with Crippen LogP contribution in [0, 0.1) is 10.1 Å².